The minimum absolute atomic E-state index is 0.846. The second kappa shape index (κ2) is 8.79. The van der Waals surface area contributed by atoms with Gasteiger partial charge in [0.15, 0.2) is 0 Å². The zero-order chi connectivity index (χ0) is 8.53. The molecule has 0 rings (SSSR count). The predicted octanol–water partition coefficient (Wildman–Crippen LogP) is 4.21. The average molecular weight is 192 g/mol. The molecule has 0 aromatic heterocycles. The van der Waals surface area contributed by atoms with E-state index in [9.17, 15) is 0 Å². The van der Waals surface area contributed by atoms with Gasteiger partial charge in [0.2, 0.25) is 0 Å². The van der Waals surface area contributed by atoms with E-state index in [4.69, 9.17) is 0 Å². The van der Waals surface area contributed by atoms with Crippen molar-refractivity contribution in [2.45, 2.75) is 40.0 Å². The molecule has 0 aliphatic rings. The third-order valence-electron chi connectivity index (χ3n) is 1.32. The van der Waals surface area contributed by atoms with Crippen LogP contribution in [0.1, 0.15) is 40.0 Å². The summed E-state index contributed by atoms with van der Waals surface area (Å²) in [5.74, 6) is 3.49. The van der Waals surface area contributed by atoms with Gasteiger partial charge in [-0.2, -0.15) is 0 Å². The van der Waals surface area contributed by atoms with Gasteiger partial charge in [-0.25, -0.2) is 0 Å². The summed E-state index contributed by atoms with van der Waals surface area (Å²) >= 11 is 0. The molecule has 0 unspecified atom stereocenters. The van der Waals surface area contributed by atoms with Gasteiger partial charge in [0, 0.05) is 11.5 Å². The predicted molar refractivity (Wildman–Crippen MR) is 59.3 cm³/mol. The van der Waals surface area contributed by atoms with Crippen molar-refractivity contribution in [3.8, 4) is 0 Å². The monoisotopic (exact) mass is 192 g/mol. The van der Waals surface area contributed by atoms with Crippen LogP contribution in [-0.4, -0.2) is 11.5 Å². The Morgan fingerprint density at radius 2 is 1.82 bits per heavy atom. The fraction of sp³-hybridized carbons (Fsp3) is 1.00. The SMILES string of the molecule is CCCCCSSCC(C)C. The summed E-state index contributed by atoms with van der Waals surface area (Å²) in [5, 5.41) is 0. The lowest BCUT2D eigenvalue weighted by atomic mass is 10.3. The van der Waals surface area contributed by atoms with Crippen molar-refractivity contribution in [2.24, 2.45) is 5.92 Å². The van der Waals surface area contributed by atoms with E-state index in [1.54, 1.807) is 0 Å². The third-order valence-corrected chi connectivity index (χ3v) is 4.15. The van der Waals surface area contributed by atoms with Gasteiger partial charge in [0.05, 0.1) is 0 Å². The van der Waals surface area contributed by atoms with E-state index in [1.807, 2.05) is 21.6 Å². The summed E-state index contributed by atoms with van der Waals surface area (Å²) in [6, 6.07) is 0. The smallest absolute Gasteiger partial charge is 0.00600 e. The van der Waals surface area contributed by atoms with Gasteiger partial charge in [-0.15, -0.1) is 0 Å². The molecular weight excluding hydrogens is 172 g/mol. The number of hydrogen-bond donors (Lipinski definition) is 0. The Balaban J connectivity index is 2.80. The molecule has 0 bridgehead atoms. The second-order valence-electron chi connectivity index (χ2n) is 3.21. The van der Waals surface area contributed by atoms with Crippen LogP contribution in [0.5, 0.6) is 0 Å². The molecule has 0 amide bonds. The average Bonchev–Trinajstić information content (AvgIpc) is 1.96. The minimum atomic E-state index is 0.846. The van der Waals surface area contributed by atoms with Gasteiger partial charge in [0.25, 0.3) is 0 Å². The highest BCUT2D eigenvalue weighted by Crippen LogP contribution is 2.24. The third kappa shape index (κ3) is 10.7. The molecule has 0 N–H and O–H groups in total. The summed E-state index contributed by atoms with van der Waals surface area (Å²) in [6.07, 6.45) is 4.14. The molecule has 11 heavy (non-hydrogen) atoms. The Kier molecular flexibility index (Phi) is 9.35. The van der Waals surface area contributed by atoms with Gasteiger partial charge in [0.1, 0.15) is 0 Å². The topological polar surface area (TPSA) is 0 Å². The molecule has 68 valence electrons. The molecular formula is C9H20S2. The van der Waals surface area contributed by atoms with Gasteiger partial charge >= 0.3 is 0 Å². The largest absolute Gasteiger partial charge is 0.0941 e. The van der Waals surface area contributed by atoms with E-state index in [2.05, 4.69) is 20.8 Å². The first-order chi connectivity index (χ1) is 5.27. The lowest BCUT2D eigenvalue weighted by Gasteiger charge is -2.02. The summed E-state index contributed by atoms with van der Waals surface area (Å²) in [5.41, 5.74) is 0. The Bertz CT molecular complexity index is 72.0. The highest BCUT2D eigenvalue weighted by Gasteiger charge is 1.94. The molecule has 0 aliphatic carbocycles. The molecule has 0 atom stereocenters. The van der Waals surface area contributed by atoms with Gasteiger partial charge < -0.3 is 0 Å². The lowest BCUT2D eigenvalue weighted by molar-refractivity contribution is 0.752. The Morgan fingerprint density at radius 1 is 1.09 bits per heavy atom. The van der Waals surface area contributed by atoms with Crippen LogP contribution in [0, 0.1) is 5.92 Å². The maximum Gasteiger partial charge on any atom is 0.00600 e. The maximum absolute atomic E-state index is 2.28. The molecule has 0 heterocycles. The fourth-order valence-electron chi connectivity index (χ4n) is 0.654. The van der Waals surface area contributed by atoms with Crippen molar-refractivity contribution in [3.63, 3.8) is 0 Å². The molecule has 0 nitrogen and oxygen atoms in total. The van der Waals surface area contributed by atoms with Crippen LogP contribution in [0.3, 0.4) is 0 Å². The van der Waals surface area contributed by atoms with E-state index in [0.717, 1.165) is 5.92 Å². The van der Waals surface area contributed by atoms with Crippen LogP contribution >= 0.6 is 21.6 Å². The van der Waals surface area contributed by atoms with Crippen LogP contribution in [-0.2, 0) is 0 Å². The van der Waals surface area contributed by atoms with Crippen LogP contribution in [0.25, 0.3) is 0 Å². The zero-order valence-corrected chi connectivity index (χ0v) is 9.56. The summed E-state index contributed by atoms with van der Waals surface area (Å²) in [7, 11) is 4.07. The van der Waals surface area contributed by atoms with Crippen molar-refractivity contribution in [3.05, 3.63) is 0 Å². The molecule has 2 heteroatoms. The highest BCUT2D eigenvalue weighted by molar-refractivity contribution is 8.76. The van der Waals surface area contributed by atoms with Crippen LogP contribution < -0.4 is 0 Å². The number of unbranched alkanes of at least 4 members (excludes halogenated alkanes) is 2. The van der Waals surface area contributed by atoms with E-state index in [0.29, 0.717) is 0 Å². The first kappa shape index (κ1) is 11.7. The lowest BCUT2D eigenvalue weighted by Crippen LogP contribution is -1.88. The fourth-order valence-corrected chi connectivity index (χ4v) is 3.27. The quantitative estimate of drug-likeness (QED) is 0.438. The summed E-state index contributed by atoms with van der Waals surface area (Å²) in [4.78, 5) is 0. The highest BCUT2D eigenvalue weighted by atomic mass is 33.1. The van der Waals surface area contributed by atoms with Crippen molar-refractivity contribution >= 4 is 21.6 Å². The molecule has 0 saturated heterocycles. The van der Waals surface area contributed by atoms with Gasteiger partial charge in [-0.3, -0.25) is 0 Å². The van der Waals surface area contributed by atoms with E-state index < -0.39 is 0 Å². The van der Waals surface area contributed by atoms with Crippen LogP contribution in [0.2, 0.25) is 0 Å². The number of hydrogen-bond acceptors (Lipinski definition) is 2. The normalized spacial score (nSPS) is 10.9. The molecule has 0 aliphatic heterocycles. The van der Waals surface area contributed by atoms with Crippen LogP contribution in [0.4, 0.5) is 0 Å². The Labute approximate surface area is 79.3 Å². The van der Waals surface area contributed by atoms with Gasteiger partial charge in [-0.05, 0) is 12.3 Å². The molecule has 0 fully saturated rings. The van der Waals surface area contributed by atoms with Crippen molar-refractivity contribution in [1.29, 1.82) is 0 Å². The zero-order valence-electron chi connectivity index (χ0n) is 7.93. The molecule has 0 radical (unpaired) electrons. The Hall–Kier alpha value is 0.700. The van der Waals surface area contributed by atoms with E-state index in [1.165, 1.54) is 30.8 Å². The first-order valence-corrected chi connectivity index (χ1v) is 7.00. The van der Waals surface area contributed by atoms with Crippen molar-refractivity contribution in [1.82, 2.24) is 0 Å². The molecule has 0 aromatic rings. The first-order valence-electron chi connectivity index (χ1n) is 4.51. The summed E-state index contributed by atoms with van der Waals surface area (Å²) in [6.45, 7) is 6.81. The van der Waals surface area contributed by atoms with Crippen LogP contribution in [0.15, 0.2) is 0 Å². The molecule has 0 spiro atoms. The van der Waals surface area contributed by atoms with Gasteiger partial charge in [-0.1, -0.05) is 55.2 Å². The number of rotatable bonds is 7. The second-order valence-corrected chi connectivity index (χ2v) is 5.83. The molecule has 0 saturated carbocycles. The summed E-state index contributed by atoms with van der Waals surface area (Å²) < 4.78 is 0. The minimum Gasteiger partial charge on any atom is -0.0941 e. The van der Waals surface area contributed by atoms with E-state index in [-0.39, 0.29) is 0 Å². The van der Waals surface area contributed by atoms with Crippen molar-refractivity contribution < 1.29 is 0 Å². The maximum atomic E-state index is 2.28. The standard InChI is InChI=1S/C9H20S2/c1-4-5-6-7-10-11-8-9(2)3/h9H,4-8H2,1-3H3. The van der Waals surface area contributed by atoms with Crippen molar-refractivity contribution in [2.75, 3.05) is 11.5 Å². The van der Waals surface area contributed by atoms with E-state index >= 15 is 0 Å². The molecule has 0 aromatic carbocycles. The Morgan fingerprint density at radius 3 is 2.36 bits per heavy atom.